The summed E-state index contributed by atoms with van der Waals surface area (Å²) in [7, 11) is 0. The van der Waals surface area contributed by atoms with Crippen molar-refractivity contribution in [1.29, 1.82) is 0 Å². The molecule has 1 rings (SSSR count). The zero-order valence-corrected chi connectivity index (χ0v) is 9.92. The lowest BCUT2D eigenvalue weighted by atomic mass is 10.0. The van der Waals surface area contributed by atoms with E-state index in [1.54, 1.807) is 0 Å². The van der Waals surface area contributed by atoms with Crippen molar-refractivity contribution in [2.75, 3.05) is 0 Å². The van der Waals surface area contributed by atoms with Gasteiger partial charge in [0.1, 0.15) is 0 Å². The Labute approximate surface area is 93.6 Å². The molecule has 0 spiro atoms. The first-order valence-corrected chi connectivity index (χ1v) is 5.47. The van der Waals surface area contributed by atoms with E-state index in [0.717, 1.165) is 28.5 Å². The minimum absolute atomic E-state index is 0.401. The van der Waals surface area contributed by atoms with Gasteiger partial charge in [0.15, 0.2) is 0 Å². The minimum Gasteiger partial charge on any atom is -0.388 e. The summed E-state index contributed by atoms with van der Waals surface area (Å²) in [5, 5.41) is 9.88. The van der Waals surface area contributed by atoms with Gasteiger partial charge < -0.3 is 5.11 Å². The molecule has 0 aliphatic rings. The van der Waals surface area contributed by atoms with Gasteiger partial charge in [0, 0.05) is 4.47 Å². The lowest BCUT2D eigenvalue weighted by Gasteiger charge is -2.12. The maximum absolute atomic E-state index is 9.88. The van der Waals surface area contributed by atoms with Gasteiger partial charge in [-0.25, -0.2) is 0 Å². The summed E-state index contributed by atoms with van der Waals surface area (Å²) in [6.07, 6.45) is 1.20. The van der Waals surface area contributed by atoms with Crippen LogP contribution < -0.4 is 0 Å². The monoisotopic (exact) mass is 254 g/mol. The molecule has 0 radical (unpaired) electrons. The third-order valence-electron chi connectivity index (χ3n) is 2.11. The molecule has 1 unspecified atom stereocenters. The van der Waals surface area contributed by atoms with Gasteiger partial charge in [-0.1, -0.05) is 39.7 Å². The van der Waals surface area contributed by atoms with Crippen LogP contribution in [0.2, 0.25) is 0 Å². The Morgan fingerprint density at radius 1 is 1.50 bits per heavy atom. The Morgan fingerprint density at radius 2 is 2.14 bits per heavy atom. The highest BCUT2D eigenvalue weighted by molar-refractivity contribution is 9.10. The largest absolute Gasteiger partial charge is 0.388 e. The summed E-state index contributed by atoms with van der Waals surface area (Å²) in [5.74, 6) is 0. The van der Waals surface area contributed by atoms with Crippen molar-refractivity contribution >= 4 is 15.9 Å². The van der Waals surface area contributed by atoms with Crippen molar-refractivity contribution in [3.8, 4) is 0 Å². The number of benzene rings is 1. The zero-order chi connectivity index (χ0) is 10.6. The van der Waals surface area contributed by atoms with Crippen LogP contribution in [-0.2, 0) is 0 Å². The molecule has 0 aromatic heterocycles. The second kappa shape index (κ2) is 5.32. The molecule has 14 heavy (non-hydrogen) atoms. The van der Waals surface area contributed by atoms with Crippen LogP contribution in [0.4, 0.5) is 0 Å². The van der Waals surface area contributed by atoms with Crippen LogP contribution in [0.15, 0.2) is 40.9 Å². The summed E-state index contributed by atoms with van der Waals surface area (Å²) >= 11 is 3.42. The van der Waals surface area contributed by atoms with E-state index >= 15 is 0 Å². The third kappa shape index (κ3) is 3.28. The number of aliphatic hydroxyl groups excluding tert-OH is 1. The first kappa shape index (κ1) is 11.5. The molecular weight excluding hydrogens is 240 g/mol. The fourth-order valence-corrected chi connectivity index (χ4v) is 1.83. The summed E-state index contributed by atoms with van der Waals surface area (Å²) in [4.78, 5) is 0. The van der Waals surface area contributed by atoms with Crippen molar-refractivity contribution in [1.82, 2.24) is 0 Å². The molecule has 0 bridgehead atoms. The quantitative estimate of drug-likeness (QED) is 0.810. The predicted molar refractivity (Wildman–Crippen MR) is 63.1 cm³/mol. The minimum atomic E-state index is -0.401. The van der Waals surface area contributed by atoms with Gasteiger partial charge in [-0.05, 0) is 31.4 Å². The number of hydrogen-bond acceptors (Lipinski definition) is 1. The summed E-state index contributed by atoms with van der Waals surface area (Å²) < 4.78 is 0.967. The molecule has 0 aliphatic heterocycles. The molecule has 0 heterocycles. The first-order valence-electron chi connectivity index (χ1n) is 4.68. The summed E-state index contributed by atoms with van der Waals surface area (Å²) in [6, 6.07) is 7.76. The molecule has 1 nitrogen and oxygen atoms in total. The number of allylic oxidation sites excluding steroid dienone is 1. The SMILES string of the molecule is C=C(C)CCC(O)c1ccccc1Br. The van der Waals surface area contributed by atoms with Crippen LogP contribution >= 0.6 is 15.9 Å². The van der Waals surface area contributed by atoms with Crippen LogP contribution in [0.3, 0.4) is 0 Å². The average Bonchev–Trinajstić information content (AvgIpc) is 2.15. The maximum Gasteiger partial charge on any atom is 0.0804 e. The van der Waals surface area contributed by atoms with Crippen molar-refractivity contribution in [3.05, 3.63) is 46.5 Å². The molecule has 0 fully saturated rings. The Balaban J connectivity index is 2.65. The van der Waals surface area contributed by atoms with Crippen LogP contribution in [0.5, 0.6) is 0 Å². The van der Waals surface area contributed by atoms with E-state index in [-0.39, 0.29) is 0 Å². The highest BCUT2D eigenvalue weighted by Gasteiger charge is 2.09. The molecule has 1 N–H and O–H groups in total. The van der Waals surface area contributed by atoms with Crippen molar-refractivity contribution in [3.63, 3.8) is 0 Å². The van der Waals surface area contributed by atoms with E-state index in [4.69, 9.17) is 0 Å². The second-order valence-electron chi connectivity index (χ2n) is 3.53. The molecule has 1 aromatic rings. The van der Waals surface area contributed by atoms with E-state index in [1.165, 1.54) is 0 Å². The number of halogens is 1. The first-order chi connectivity index (χ1) is 6.61. The highest BCUT2D eigenvalue weighted by Crippen LogP contribution is 2.26. The summed E-state index contributed by atoms with van der Waals surface area (Å²) in [5.41, 5.74) is 2.06. The second-order valence-corrected chi connectivity index (χ2v) is 4.39. The number of hydrogen-bond donors (Lipinski definition) is 1. The molecule has 0 saturated carbocycles. The maximum atomic E-state index is 9.88. The van der Waals surface area contributed by atoms with Gasteiger partial charge in [0.25, 0.3) is 0 Å². The Bertz CT molecular complexity index is 320. The van der Waals surface area contributed by atoms with E-state index in [2.05, 4.69) is 22.5 Å². The summed E-state index contributed by atoms with van der Waals surface area (Å²) in [6.45, 7) is 5.80. The number of aliphatic hydroxyl groups is 1. The van der Waals surface area contributed by atoms with Crippen molar-refractivity contribution in [2.24, 2.45) is 0 Å². The standard InChI is InChI=1S/C12H15BrO/c1-9(2)7-8-12(14)10-5-3-4-6-11(10)13/h3-6,12,14H,1,7-8H2,2H3. The van der Waals surface area contributed by atoms with Gasteiger partial charge in [-0.15, -0.1) is 6.58 Å². The zero-order valence-electron chi connectivity index (χ0n) is 8.33. The van der Waals surface area contributed by atoms with Gasteiger partial charge >= 0.3 is 0 Å². The molecule has 1 atom stereocenters. The fourth-order valence-electron chi connectivity index (χ4n) is 1.28. The van der Waals surface area contributed by atoms with Crippen LogP contribution in [0, 0.1) is 0 Å². The highest BCUT2D eigenvalue weighted by atomic mass is 79.9. The van der Waals surface area contributed by atoms with E-state index in [9.17, 15) is 5.11 Å². The smallest absolute Gasteiger partial charge is 0.0804 e. The van der Waals surface area contributed by atoms with Crippen LogP contribution in [-0.4, -0.2) is 5.11 Å². The molecule has 1 aromatic carbocycles. The average molecular weight is 255 g/mol. The van der Waals surface area contributed by atoms with Gasteiger partial charge in [-0.3, -0.25) is 0 Å². The molecule has 0 amide bonds. The lowest BCUT2D eigenvalue weighted by molar-refractivity contribution is 0.167. The van der Waals surface area contributed by atoms with Gasteiger partial charge in [0.2, 0.25) is 0 Å². The molecule has 0 saturated heterocycles. The van der Waals surface area contributed by atoms with Crippen LogP contribution in [0.25, 0.3) is 0 Å². The molecule has 76 valence electrons. The molecular formula is C12H15BrO. The van der Waals surface area contributed by atoms with Crippen molar-refractivity contribution < 1.29 is 5.11 Å². The topological polar surface area (TPSA) is 20.2 Å². The predicted octanol–water partition coefficient (Wildman–Crippen LogP) is 3.84. The van der Waals surface area contributed by atoms with Gasteiger partial charge in [0.05, 0.1) is 6.10 Å². The van der Waals surface area contributed by atoms with Crippen LogP contribution in [0.1, 0.15) is 31.4 Å². The lowest BCUT2D eigenvalue weighted by Crippen LogP contribution is -1.98. The van der Waals surface area contributed by atoms with Gasteiger partial charge in [-0.2, -0.15) is 0 Å². The Morgan fingerprint density at radius 3 is 2.71 bits per heavy atom. The number of rotatable bonds is 4. The fraction of sp³-hybridized carbons (Fsp3) is 0.333. The Hall–Kier alpha value is -0.600. The Kier molecular flexibility index (Phi) is 4.36. The third-order valence-corrected chi connectivity index (χ3v) is 2.83. The van der Waals surface area contributed by atoms with E-state index < -0.39 is 6.10 Å². The van der Waals surface area contributed by atoms with E-state index in [0.29, 0.717) is 0 Å². The van der Waals surface area contributed by atoms with E-state index in [1.807, 2.05) is 31.2 Å². The van der Waals surface area contributed by atoms with Crippen molar-refractivity contribution in [2.45, 2.75) is 25.9 Å². The molecule has 2 heteroatoms. The molecule has 0 aliphatic carbocycles. The normalized spacial score (nSPS) is 12.5.